The van der Waals surface area contributed by atoms with Gasteiger partial charge in [0.05, 0.1) is 37.1 Å². The summed E-state index contributed by atoms with van der Waals surface area (Å²) in [7, 11) is 1.72. The standard InChI is InChI=1S/C24H29N3O4/c1-15-11-20-22(21(13-28)26(2)24(20)29)25-23(15)27-8-5-18(6-9-27)31-19-4-3-17-14-30-10-7-16(17)12-19/h3-4,11-12,18,21,28H,5-10,13-14H2,1-2H3/t21-/m0/s1. The minimum Gasteiger partial charge on any atom is -0.490 e. The number of aliphatic hydroxyl groups excluding tert-OH is 1. The molecular formula is C24H29N3O4. The number of aryl methyl sites for hydroxylation is 1. The van der Waals surface area contributed by atoms with Crippen LogP contribution in [0.25, 0.3) is 0 Å². The van der Waals surface area contributed by atoms with Gasteiger partial charge in [0.2, 0.25) is 0 Å². The van der Waals surface area contributed by atoms with Gasteiger partial charge >= 0.3 is 0 Å². The van der Waals surface area contributed by atoms with E-state index in [2.05, 4.69) is 23.1 Å². The Labute approximate surface area is 182 Å². The zero-order chi connectivity index (χ0) is 21.5. The number of carbonyl (C=O) groups excluding carboxylic acids is 1. The third-order valence-electron chi connectivity index (χ3n) is 6.72. The molecule has 1 N–H and O–H groups in total. The summed E-state index contributed by atoms with van der Waals surface area (Å²) in [6.07, 6.45) is 2.96. The third-order valence-corrected chi connectivity index (χ3v) is 6.72. The molecule has 1 saturated heterocycles. The molecule has 0 saturated carbocycles. The number of piperidine rings is 1. The van der Waals surface area contributed by atoms with Crippen LogP contribution >= 0.6 is 0 Å². The van der Waals surface area contributed by atoms with Crippen molar-refractivity contribution in [3.63, 3.8) is 0 Å². The number of nitrogens with zero attached hydrogens (tertiary/aromatic N) is 3. The quantitative estimate of drug-likeness (QED) is 0.815. The van der Waals surface area contributed by atoms with Crippen molar-refractivity contribution in [3.05, 3.63) is 52.2 Å². The molecule has 7 nitrogen and oxygen atoms in total. The van der Waals surface area contributed by atoms with E-state index in [1.807, 2.05) is 13.0 Å². The molecule has 1 amide bonds. The van der Waals surface area contributed by atoms with Gasteiger partial charge in [0.1, 0.15) is 17.7 Å². The van der Waals surface area contributed by atoms with Crippen molar-refractivity contribution in [3.8, 4) is 5.75 Å². The number of pyridine rings is 1. The summed E-state index contributed by atoms with van der Waals surface area (Å²) in [5, 5.41) is 9.75. The number of hydrogen-bond acceptors (Lipinski definition) is 6. The Morgan fingerprint density at radius 1 is 1.23 bits per heavy atom. The van der Waals surface area contributed by atoms with Gasteiger partial charge in [0.25, 0.3) is 5.91 Å². The summed E-state index contributed by atoms with van der Waals surface area (Å²) >= 11 is 0. The number of hydrogen-bond donors (Lipinski definition) is 1. The Morgan fingerprint density at radius 2 is 2.03 bits per heavy atom. The predicted octanol–water partition coefficient (Wildman–Crippen LogP) is 2.63. The van der Waals surface area contributed by atoms with Gasteiger partial charge < -0.3 is 24.4 Å². The topological polar surface area (TPSA) is 75.1 Å². The molecule has 1 fully saturated rings. The van der Waals surface area contributed by atoms with Crippen LogP contribution in [0.5, 0.6) is 5.75 Å². The highest BCUT2D eigenvalue weighted by molar-refractivity contribution is 5.99. The van der Waals surface area contributed by atoms with Gasteiger partial charge in [-0.3, -0.25) is 4.79 Å². The van der Waals surface area contributed by atoms with Gasteiger partial charge in [-0.05, 0) is 48.2 Å². The molecule has 0 aliphatic carbocycles. The summed E-state index contributed by atoms with van der Waals surface area (Å²) in [6.45, 7) is 5.06. The van der Waals surface area contributed by atoms with Crippen molar-refractivity contribution < 1.29 is 19.4 Å². The molecule has 0 radical (unpaired) electrons. The molecule has 1 atom stereocenters. The predicted molar refractivity (Wildman–Crippen MR) is 117 cm³/mol. The first-order valence-electron chi connectivity index (χ1n) is 11.1. The van der Waals surface area contributed by atoms with E-state index < -0.39 is 0 Å². The van der Waals surface area contributed by atoms with E-state index >= 15 is 0 Å². The largest absolute Gasteiger partial charge is 0.490 e. The number of fused-ring (bicyclic) bond motifs is 2. The van der Waals surface area contributed by atoms with Crippen LogP contribution in [0.2, 0.25) is 0 Å². The van der Waals surface area contributed by atoms with Crippen molar-refractivity contribution in [1.82, 2.24) is 9.88 Å². The normalized spacial score (nSPS) is 21.3. The molecule has 164 valence electrons. The number of rotatable bonds is 4. The van der Waals surface area contributed by atoms with E-state index in [1.165, 1.54) is 11.1 Å². The molecular weight excluding hydrogens is 394 g/mol. The maximum absolute atomic E-state index is 12.4. The summed E-state index contributed by atoms with van der Waals surface area (Å²) in [6, 6.07) is 7.89. The molecule has 1 aromatic heterocycles. The number of ether oxygens (including phenoxy) is 2. The first-order chi connectivity index (χ1) is 15.0. The van der Waals surface area contributed by atoms with Crippen molar-refractivity contribution >= 4 is 11.7 Å². The Morgan fingerprint density at radius 3 is 2.81 bits per heavy atom. The molecule has 0 spiro atoms. The van der Waals surface area contributed by atoms with Crippen LogP contribution in [-0.2, 0) is 17.8 Å². The molecule has 0 unspecified atom stereocenters. The SMILES string of the molecule is Cc1cc2c(nc1N1CCC(Oc3ccc4c(c3)CCOC4)CC1)[C@H](CO)N(C)C2=O. The maximum atomic E-state index is 12.4. The van der Waals surface area contributed by atoms with Crippen molar-refractivity contribution in [2.24, 2.45) is 0 Å². The number of aromatic nitrogens is 1. The molecule has 3 aliphatic heterocycles. The Hall–Kier alpha value is -2.64. The van der Waals surface area contributed by atoms with Crippen molar-refractivity contribution in [2.45, 2.75) is 44.9 Å². The average molecular weight is 424 g/mol. The minimum atomic E-state index is -0.364. The van der Waals surface area contributed by atoms with Crippen LogP contribution in [0.3, 0.4) is 0 Å². The van der Waals surface area contributed by atoms with E-state index in [0.717, 1.165) is 56.1 Å². The van der Waals surface area contributed by atoms with Crippen LogP contribution in [-0.4, -0.2) is 60.4 Å². The monoisotopic (exact) mass is 423 g/mol. The van der Waals surface area contributed by atoms with E-state index in [9.17, 15) is 9.90 Å². The lowest BCUT2D eigenvalue weighted by Crippen LogP contribution is -2.39. The van der Waals surface area contributed by atoms with E-state index in [1.54, 1.807) is 11.9 Å². The molecule has 31 heavy (non-hydrogen) atoms. The average Bonchev–Trinajstić information content (AvgIpc) is 3.02. The summed E-state index contributed by atoms with van der Waals surface area (Å²) in [4.78, 5) is 21.1. The number of likely N-dealkylation sites (N-methyl/N-ethyl adjacent to an activating group) is 1. The van der Waals surface area contributed by atoms with Crippen molar-refractivity contribution in [1.29, 1.82) is 0 Å². The highest BCUT2D eigenvalue weighted by Crippen LogP contribution is 2.35. The molecule has 3 aliphatic rings. The second-order valence-corrected chi connectivity index (χ2v) is 8.71. The number of benzene rings is 1. The van der Waals surface area contributed by atoms with Crippen LogP contribution in [0.15, 0.2) is 24.3 Å². The summed E-state index contributed by atoms with van der Waals surface area (Å²) < 4.78 is 11.8. The molecule has 7 heteroatoms. The smallest absolute Gasteiger partial charge is 0.256 e. The van der Waals surface area contributed by atoms with E-state index in [0.29, 0.717) is 17.9 Å². The van der Waals surface area contributed by atoms with E-state index in [4.69, 9.17) is 14.5 Å². The summed E-state index contributed by atoms with van der Waals surface area (Å²) in [5.41, 5.74) is 4.88. The van der Waals surface area contributed by atoms with E-state index in [-0.39, 0.29) is 24.7 Å². The van der Waals surface area contributed by atoms with Gasteiger partial charge in [0.15, 0.2) is 0 Å². The molecule has 4 heterocycles. The van der Waals surface area contributed by atoms with Gasteiger partial charge in [-0.25, -0.2) is 4.98 Å². The second kappa shape index (κ2) is 8.13. The van der Waals surface area contributed by atoms with Crippen LogP contribution in [0, 0.1) is 6.92 Å². The van der Waals surface area contributed by atoms with Gasteiger partial charge in [-0.1, -0.05) is 6.07 Å². The van der Waals surface area contributed by atoms with Crippen LogP contribution in [0.1, 0.15) is 51.6 Å². The van der Waals surface area contributed by atoms with Gasteiger partial charge in [-0.2, -0.15) is 0 Å². The fourth-order valence-corrected chi connectivity index (χ4v) is 4.88. The lowest BCUT2D eigenvalue weighted by atomic mass is 10.0. The molecule has 2 aromatic rings. The lowest BCUT2D eigenvalue weighted by molar-refractivity contribution is 0.0715. The Bertz CT molecular complexity index is 1000. The van der Waals surface area contributed by atoms with Crippen LogP contribution in [0.4, 0.5) is 5.82 Å². The zero-order valence-corrected chi connectivity index (χ0v) is 18.1. The number of anilines is 1. The first-order valence-corrected chi connectivity index (χ1v) is 11.1. The maximum Gasteiger partial charge on any atom is 0.256 e. The lowest BCUT2D eigenvalue weighted by Gasteiger charge is -2.34. The molecule has 0 bridgehead atoms. The number of amides is 1. The highest BCUT2D eigenvalue weighted by Gasteiger charge is 2.36. The Kier molecular flexibility index (Phi) is 5.32. The number of carbonyl (C=O) groups is 1. The fraction of sp³-hybridized carbons (Fsp3) is 0.500. The molecule has 1 aromatic carbocycles. The second-order valence-electron chi connectivity index (χ2n) is 8.71. The Balaban J connectivity index is 1.27. The van der Waals surface area contributed by atoms with Crippen LogP contribution < -0.4 is 9.64 Å². The van der Waals surface area contributed by atoms with Gasteiger partial charge in [0, 0.05) is 33.0 Å². The van der Waals surface area contributed by atoms with Gasteiger partial charge in [-0.15, -0.1) is 0 Å². The first kappa shape index (κ1) is 20.3. The summed E-state index contributed by atoms with van der Waals surface area (Å²) in [5.74, 6) is 1.78. The fourth-order valence-electron chi connectivity index (χ4n) is 4.88. The highest BCUT2D eigenvalue weighted by atomic mass is 16.5. The third kappa shape index (κ3) is 3.66. The number of aliphatic hydroxyl groups is 1. The molecule has 5 rings (SSSR count). The minimum absolute atomic E-state index is 0.0695. The van der Waals surface area contributed by atoms with Crippen molar-refractivity contribution in [2.75, 3.05) is 38.3 Å². The zero-order valence-electron chi connectivity index (χ0n) is 18.1.